The van der Waals surface area contributed by atoms with Crippen molar-refractivity contribution < 1.29 is 4.74 Å². The zero-order chi connectivity index (χ0) is 15.4. The molecule has 0 aliphatic heterocycles. The van der Waals surface area contributed by atoms with Crippen molar-refractivity contribution in [3.63, 3.8) is 0 Å². The van der Waals surface area contributed by atoms with Crippen LogP contribution in [0.4, 0.5) is 5.69 Å². The molecule has 4 nitrogen and oxygen atoms in total. The molecular weight excluding hydrogens is 354 g/mol. The number of ether oxygens (including phenoxy) is 1. The lowest BCUT2D eigenvalue weighted by Gasteiger charge is -2.12. The fourth-order valence-corrected chi connectivity index (χ4v) is 2.88. The summed E-state index contributed by atoms with van der Waals surface area (Å²) in [4.78, 5) is 0. The normalized spacial score (nSPS) is 10.7. The minimum Gasteiger partial charge on any atom is -0.495 e. The Hall–Kier alpha value is -1.20. The van der Waals surface area contributed by atoms with E-state index < -0.39 is 0 Å². The third kappa shape index (κ3) is 3.52. The van der Waals surface area contributed by atoms with Gasteiger partial charge in [-0.05, 0) is 31.5 Å². The minimum atomic E-state index is 0.604. The maximum Gasteiger partial charge on any atom is 0.142 e. The van der Waals surface area contributed by atoms with Gasteiger partial charge in [0, 0.05) is 11.0 Å². The van der Waals surface area contributed by atoms with Crippen LogP contribution in [0.3, 0.4) is 0 Å². The molecule has 1 aromatic heterocycles. The van der Waals surface area contributed by atoms with E-state index in [0.717, 1.165) is 45.3 Å². The lowest BCUT2D eigenvalue weighted by Crippen LogP contribution is -2.09. The summed E-state index contributed by atoms with van der Waals surface area (Å²) in [6.07, 6.45) is 0.832. The summed E-state index contributed by atoms with van der Waals surface area (Å²) in [7, 11) is 1.66. The van der Waals surface area contributed by atoms with Gasteiger partial charge in [-0.3, -0.25) is 4.68 Å². The molecule has 1 heterocycles. The van der Waals surface area contributed by atoms with Gasteiger partial charge in [-0.2, -0.15) is 5.10 Å². The number of benzene rings is 1. The smallest absolute Gasteiger partial charge is 0.142 e. The third-order valence-corrected chi connectivity index (χ3v) is 4.23. The number of hydrogen-bond acceptors (Lipinski definition) is 3. The number of rotatable bonds is 6. The van der Waals surface area contributed by atoms with Crippen LogP contribution < -0.4 is 10.1 Å². The van der Waals surface area contributed by atoms with E-state index in [0.29, 0.717) is 6.54 Å². The van der Waals surface area contributed by atoms with Crippen LogP contribution in [0.5, 0.6) is 5.75 Å². The molecule has 1 aromatic carbocycles. The zero-order valence-corrected chi connectivity index (χ0v) is 14.8. The van der Waals surface area contributed by atoms with Crippen LogP contribution >= 0.6 is 27.5 Å². The van der Waals surface area contributed by atoms with Crippen molar-refractivity contribution in [2.45, 2.75) is 33.4 Å². The molecule has 0 saturated carbocycles. The molecule has 0 amide bonds. The highest BCUT2D eigenvalue weighted by Crippen LogP contribution is 2.29. The Kier molecular flexibility index (Phi) is 5.53. The summed E-state index contributed by atoms with van der Waals surface area (Å²) in [5.74, 6) is 0.799. The molecule has 114 valence electrons. The minimum absolute atomic E-state index is 0.604. The van der Waals surface area contributed by atoms with Gasteiger partial charge < -0.3 is 10.1 Å². The Morgan fingerprint density at radius 2 is 2.14 bits per heavy atom. The number of methoxy groups -OCH3 is 1. The van der Waals surface area contributed by atoms with Gasteiger partial charge in [0.15, 0.2) is 0 Å². The van der Waals surface area contributed by atoms with Crippen LogP contribution in [-0.4, -0.2) is 16.9 Å². The maximum atomic E-state index is 6.42. The van der Waals surface area contributed by atoms with E-state index in [-0.39, 0.29) is 0 Å². The standard InChI is InChI=1S/C15H19BrClN3O/c1-4-11-15(17)13(20(5-2)19-11)9-18-12-8-10(16)6-7-14(12)21-3/h6-8,18H,4-5,9H2,1-3H3. The number of anilines is 1. The van der Waals surface area contributed by atoms with Gasteiger partial charge in [0.2, 0.25) is 0 Å². The molecule has 2 rings (SSSR count). The van der Waals surface area contributed by atoms with Gasteiger partial charge in [-0.15, -0.1) is 0 Å². The number of halogens is 2. The first kappa shape index (κ1) is 16.2. The summed E-state index contributed by atoms with van der Waals surface area (Å²) in [6, 6.07) is 5.85. The molecule has 0 bridgehead atoms. The van der Waals surface area contributed by atoms with E-state index >= 15 is 0 Å². The van der Waals surface area contributed by atoms with Crippen LogP contribution in [-0.2, 0) is 19.5 Å². The van der Waals surface area contributed by atoms with Gasteiger partial charge in [-0.1, -0.05) is 34.5 Å². The lowest BCUT2D eigenvalue weighted by molar-refractivity contribution is 0.416. The van der Waals surface area contributed by atoms with Gasteiger partial charge >= 0.3 is 0 Å². The molecule has 0 atom stereocenters. The van der Waals surface area contributed by atoms with E-state index in [1.165, 1.54) is 0 Å². The quantitative estimate of drug-likeness (QED) is 0.811. The molecule has 21 heavy (non-hydrogen) atoms. The van der Waals surface area contributed by atoms with Crippen LogP contribution in [0.1, 0.15) is 25.2 Å². The van der Waals surface area contributed by atoms with E-state index in [1.54, 1.807) is 7.11 Å². The summed E-state index contributed by atoms with van der Waals surface area (Å²) >= 11 is 9.89. The average Bonchev–Trinajstić information content (AvgIpc) is 2.80. The Morgan fingerprint density at radius 1 is 1.38 bits per heavy atom. The van der Waals surface area contributed by atoms with Crippen molar-refractivity contribution in [1.29, 1.82) is 0 Å². The van der Waals surface area contributed by atoms with Crippen molar-refractivity contribution in [3.8, 4) is 5.75 Å². The molecule has 0 aliphatic carbocycles. The van der Waals surface area contributed by atoms with Crippen molar-refractivity contribution in [2.24, 2.45) is 0 Å². The summed E-state index contributed by atoms with van der Waals surface area (Å²) in [5.41, 5.74) is 2.86. The Balaban J connectivity index is 2.24. The Bertz CT molecular complexity index is 628. The number of nitrogens with zero attached hydrogens (tertiary/aromatic N) is 2. The van der Waals surface area contributed by atoms with Gasteiger partial charge in [0.05, 0.1) is 35.8 Å². The molecule has 1 N–H and O–H groups in total. The van der Waals surface area contributed by atoms with E-state index in [1.807, 2.05) is 22.9 Å². The van der Waals surface area contributed by atoms with Crippen molar-refractivity contribution >= 4 is 33.2 Å². The Morgan fingerprint density at radius 3 is 2.76 bits per heavy atom. The number of nitrogens with one attached hydrogen (secondary N) is 1. The second-order valence-corrected chi connectivity index (χ2v) is 5.87. The summed E-state index contributed by atoms with van der Waals surface area (Å²) in [5, 5.41) is 8.65. The molecule has 0 unspecified atom stereocenters. The van der Waals surface area contributed by atoms with Crippen LogP contribution in [0.2, 0.25) is 5.02 Å². The summed E-state index contributed by atoms with van der Waals surface area (Å²) in [6.45, 7) is 5.52. The molecule has 0 aliphatic rings. The molecular formula is C15H19BrClN3O. The molecule has 0 saturated heterocycles. The average molecular weight is 373 g/mol. The van der Waals surface area contributed by atoms with Crippen molar-refractivity contribution in [2.75, 3.05) is 12.4 Å². The summed E-state index contributed by atoms with van der Waals surface area (Å²) < 4.78 is 8.30. The monoisotopic (exact) mass is 371 g/mol. The zero-order valence-electron chi connectivity index (χ0n) is 12.4. The fourth-order valence-electron chi connectivity index (χ4n) is 2.18. The first-order chi connectivity index (χ1) is 10.1. The highest BCUT2D eigenvalue weighted by atomic mass is 79.9. The van der Waals surface area contributed by atoms with Gasteiger partial charge in [0.1, 0.15) is 5.75 Å². The number of aromatic nitrogens is 2. The predicted molar refractivity (Wildman–Crippen MR) is 90.3 cm³/mol. The SMILES string of the molecule is CCc1nn(CC)c(CNc2cc(Br)ccc2OC)c1Cl. The topological polar surface area (TPSA) is 39.1 Å². The second kappa shape index (κ2) is 7.18. The fraction of sp³-hybridized carbons (Fsp3) is 0.400. The van der Waals surface area contributed by atoms with Crippen LogP contribution in [0.25, 0.3) is 0 Å². The third-order valence-electron chi connectivity index (χ3n) is 3.30. The number of hydrogen-bond donors (Lipinski definition) is 1. The first-order valence-corrected chi connectivity index (χ1v) is 8.09. The Labute approximate surface area is 138 Å². The number of aryl methyl sites for hydroxylation is 2. The van der Waals surface area contributed by atoms with Crippen LogP contribution in [0.15, 0.2) is 22.7 Å². The van der Waals surface area contributed by atoms with E-state index in [2.05, 4.69) is 40.2 Å². The van der Waals surface area contributed by atoms with Crippen LogP contribution in [0, 0.1) is 0 Å². The lowest BCUT2D eigenvalue weighted by atomic mass is 10.2. The van der Waals surface area contributed by atoms with Gasteiger partial charge in [-0.25, -0.2) is 0 Å². The predicted octanol–water partition coefficient (Wildman–Crippen LogP) is 4.50. The molecule has 0 radical (unpaired) electrons. The maximum absolute atomic E-state index is 6.42. The highest BCUT2D eigenvalue weighted by Gasteiger charge is 2.14. The molecule has 0 spiro atoms. The highest BCUT2D eigenvalue weighted by molar-refractivity contribution is 9.10. The molecule has 2 aromatic rings. The molecule has 6 heteroatoms. The van der Waals surface area contributed by atoms with Crippen molar-refractivity contribution in [1.82, 2.24) is 9.78 Å². The van der Waals surface area contributed by atoms with E-state index in [4.69, 9.17) is 16.3 Å². The second-order valence-electron chi connectivity index (χ2n) is 4.57. The first-order valence-electron chi connectivity index (χ1n) is 6.92. The van der Waals surface area contributed by atoms with Gasteiger partial charge in [0.25, 0.3) is 0 Å². The largest absolute Gasteiger partial charge is 0.495 e. The van der Waals surface area contributed by atoms with E-state index in [9.17, 15) is 0 Å². The van der Waals surface area contributed by atoms with Crippen molar-refractivity contribution in [3.05, 3.63) is 39.1 Å². The molecule has 0 fully saturated rings.